The number of ether oxygens (including phenoxy) is 1. The van der Waals surface area contributed by atoms with E-state index in [4.69, 9.17) is 4.74 Å². The fourth-order valence-electron chi connectivity index (χ4n) is 5.79. The second-order valence-corrected chi connectivity index (χ2v) is 9.57. The number of halogens is 4. The van der Waals surface area contributed by atoms with Crippen molar-refractivity contribution in [1.29, 1.82) is 0 Å². The molecule has 1 aromatic rings. The Kier molecular flexibility index (Phi) is 5.15. The third kappa shape index (κ3) is 3.48. The van der Waals surface area contributed by atoms with Gasteiger partial charge in [0.25, 0.3) is 11.8 Å². The van der Waals surface area contributed by atoms with Crippen LogP contribution < -0.4 is 0 Å². The van der Waals surface area contributed by atoms with E-state index >= 15 is 0 Å². The molecule has 2 amide bonds. The monoisotopic (exact) mass is 464 g/mol. The molecule has 3 fully saturated rings. The van der Waals surface area contributed by atoms with Gasteiger partial charge in [-0.2, -0.15) is 0 Å². The number of carbonyl (C=O) groups is 2. The molecule has 1 spiro atoms. The van der Waals surface area contributed by atoms with E-state index in [2.05, 4.69) is 0 Å². The molecular formula is C24H24F4N2O3. The average molecular weight is 464 g/mol. The van der Waals surface area contributed by atoms with Crippen molar-refractivity contribution in [2.24, 2.45) is 5.41 Å². The van der Waals surface area contributed by atoms with Crippen LogP contribution >= 0.6 is 0 Å². The number of amides is 2. The highest BCUT2D eigenvalue weighted by Gasteiger charge is 2.60. The maximum Gasteiger partial charge on any atom is 0.257 e. The minimum atomic E-state index is -1.19. The summed E-state index contributed by atoms with van der Waals surface area (Å²) in [4.78, 5) is 29.3. The van der Waals surface area contributed by atoms with E-state index in [0.29, 0.717) is 12.8 Å². The molecule has 3 atom stereocenters. The minimum absolute atomic E-state index is 0.00999. The van der Waals surface area contributed by atoms with Gasteiger partial charge < -0.3 is 14.5 Å². The van der Waals surface area contributed by atoms with Gasteiger partial charge in [0.2, 0.25) is 0 Å². The van der Waals surface area contributed by atoms with Crippen molar-refractivity contribution < 1.29 is 31.9 Å². The highest BCUT2D eigenvalue weighted by atomic mass is 19.2. The lowest BCUT2D eigenvalue weighted by molar-refractivity contribution is -0.143. The van der Waals surface area contributed by atoms with E-state index < -0.39 is 52.5 Å². The summed E-state index contributed by atoms with van der Waals surface area (Å²) >= 11 is 0. The standard InChI is InChI=1S/C24H24F4N2O3/c1-23(12-14(25)11-15(26)13-23)18-5-6-19-30(18)22(32)24(33-19)7-9-29(10-8-24)21(31)16-3-2-4-17(27)20(16)28/h2-4,11-12,18-19H,5-10,13H2,1H3/t18-,19+,23?/m0/s1. The van der Waals surface area contributed by atoms with Gasteiger partial charge in [0, 0.05) is 49.9 Å². The van der Waals surface area contributed by atoms with Gasteiger partial charge in [0.05, 0.1) is 5.56 Å². The van der Waals surface area contributed by atoms with Crippen LogP contribution in [-0.4, -0.2) is 52.6 Å². The van der Waals surface area contributed by atoms with Crippen molar-refractivity contribution in [3.05, 3.63) is 59.2 Å². The van der Waals surface area contributed by atoms with Gasteiger partial charge in [-0.1, -0.05) is 13.0 Å². The number of hydrogen-bond acceptors (Lipinski definition) is 3. The molecule has 3 aliphatic heterocycles. The SMILES string of the molecule is CC1([C@@H]2CC[C@H]3OC4(CCN(C(=O)c5cccc(F)c5F)CC4)C(=O)N23)C=C(F)C=C(F)C1. The number of carbonyl (C=O) groups excluding carboxylic acids is 2. The van der Waals surface area contributed by atoms with E-state index in [1.807, 2.05) is 0 Å². The summed E-state index contributed by atoms with van der Waals surface area (Å²) in [5.41, 5.74) is -2.35. The van der Waals surface area contributed by atoms with E-state index in [1.54, 1.807) is 11.8 Å². The summed E-state index contributed by atoms with van der Waals surface area (Å²) in [6.07, 6.45) is 3.34. The number of likely N-dealkylation sites (tertiary alicyclic amines) is 1. The topological polar surface area (TPSA) is 49.9 Å². The number of allylic oxidation sites excluding steroid dienone is 3. The van der Waals surface area contributed by atoms with Crippen molar-refractivity contribution in [2.75, 3.05) is 13.1 Å². The number of piperidine rings is 1. The molecule has 3 saturated heterocycles. The number of benzene rings is 1. The van der Waals surface area contributed by atoms with Crippen LogP contribution in [0.15, 0.2) is 42.0 Å². The molecule has 0 radical (unpaired) electrons. The maximum atomic E-state index is 14.1. The van der Waals surface area contributed by atoms with E-state index in [1.165, 1.54) is 23.1 Å². The van der Waals surface area contributed by atoms with Crippen LogP contribution in [0.4, 0.5) is 17.6 Å². The molecular weight excluding hydrogens is 440 g/mol. The first-order valence-corrected chi connectivity index (χ1v) is 11.1. The van der Waals surface area contributed by atoms with Crippen molar-refractivity contribution in [3.8, 4) is 0 Å². The first-order valence-electron chi connectivity index (χ1n) is 11.1. The quantitative estimate of drug-likeness (QED) is 0.610. The highest BCUT2D eigenvalue weighted by molar-refractivity contribution is 5.95. The van der Waals surface area contributed by atoms with Crippen molar-refractivity contribution in [2.45, 2.75) is 56.9 Å². The lowest BCUT2D eigenvalue weighted by Gasteiger charge is -2.40. The maximum absolute atomic E-state index is 14.1. The Morgan fingerprint density at radius 2 is 1.85 bits per heavy atom. The lowest BCUT2D eigenvalue weighted by Crippen LogP contribution is -2.54. The zero-order valence-corrected chi connectivity index (χ0v) is 18.1. The zero-order chi connectivity index (χ0) is 23.5. The molecule has 1 aromatic carbocycles. The van der Waals surface area contributed by atoms with E-state index in [-0.39, 0.29) is 43.8 Å². The smallest absolute Gasteiger partial charge is 0.257 e. The predicted molar refractivity (Wildman–Crippen MR) is 110 cm³/mol. The third-order valence-electron chi connectivity index (χ3n) is 7.43. The molecule has 176 valence electrons. The Morgan fingerprint density at radius 1 is 1.12 bits per heavy atom. The van der Waals surface area contributed by atoms with Gasteiger partial charge in [0.15, 0.2) is 17.2 Å². The fraction of sp³-hybridized carbons (Fsp3) is 0.500. The first-order chi connectivity index (χ1) is 15.6. The second-order valence-electron chi connectivity index (χ2n) is 9.57. The van der Waals surface area contributed by atoms with Crippen LogP contribution in [-0.2, 0) is 9.53 Å². The number of hydrogen-bond donors (Lipinski definition) is 0. The molecule has 5 rings (SSSR count). The third-order valence-corrected chi connectivity index (χ3v) is 7.43. The Balaban J connectivity index is 1.32. The molecule has 0 N–H and O–H groups in total. The summed E-state index contributed by atoms with van der Waals surface area (Å²) < 4.78 is 61.8. The molecule has 3 heterocycles. The zero-order valence-electron chi connectivity index (χ0n) is 18.1. The molecule has 0 bridgehead atoms. The van der Waals surface area contributed by atoms with Crippen LogP contribution in [0.2, 0.25) is 0 Å². The van der Waals surface area contributed by atoms with Crippen LogP contribution in [0.1, 0.15) is 49.4 Å². The molecule has 1 unspecified atom stereocenters. The molecule has 5 nitrogen and oxygen atoms in total. The molecule has 0 aromatic heterocycles. The van der Waals surface area contributed by atoms with Gasteiger partial charge in [-0.15, -0.1) is 0 Å². The molecule has 1 aliphatic carbocycles. The van der Waals surface area contributed by atoms with E-state index in [9.17, 15) is 27.2 Å². The molecule has 33 heavy (non-hydrogen) atoms. The Morgan fingerprint density at radius 3 is 2.55 bits per heavy atom. The lowest BCUT2D eigenvalue weighted by atomic mass is 9.74. The van der Waals surface area contributed by atoms with Gasteiger partial charge in [-0.3, -0.25) is 9.59 Å². The van der Waals surface area contributed by atoms with Crippen molar-refractivity contribution >= 4 is 11.8 Å². The van der Waals surface area contributed by atoms with Crippen LogP contribution in [0.25, 0.3) is 0 Å². The number of rotatable bonds is 2. The van der Waals surface area contributed by atoms with Gasteiger partial charge in [-0.25, -0.2) is 17.6 Å². The number of nitrogens with zero attached hydrogens (tertiary/aromatic N) is 2. The molecule has 4 aliphatic rings. The van der Waals surface area contributed by atoms with E-state index in [0.717, 1.165) is 12.1 Å². The first kappa shape index (κ1) is 22.1. The summed E-state index contributed by atoms with van der Waals surface area (Å²) in [5.74, 6) is -4.36. The minimum Gasteiger partial charge on any atom is -0.342 e. The largest absolute Gasteiger partial charge is 0.342 e. The summed E-state index contributed by atoms with van der Waals surface area (Å²) in [7, 11) is 0. The summed E-state index contributed by atoms with van der Waals surface area (Å²) in [6, 6.07) is 3.05. The van der Waals surface area contributed by atoms with Crippen LogP contribution in [0.5, 0.6) is 0 Å². The van der Waals surface area contributed by atoms with Crippen molar-refractivity contribution in [3.63, 3.8) is 0 Å². The normalized spacial score (nSPS) is 31.0. The fourth-order valence-corrected chi connectivity index (χ4v) is 5.79. The van der Waals surface area contributed by atoms with Gasteiger partial charge in [-0.05, 0) is 31.1 Å². The Labute approximate surface area is 188 Å². The summed E-state index contributed by atoms with van der Waals surface area (Å²) in [6.45, 7) is 2.04. The second kappa shape index (κ2) is 7.68. The van der Waals surface area contributed by atoms with Crippen LogP contribution in [0.3, 0.4) is 0 Å². The predicted octanol–water partition coefficient (Wildman–Crippen LogP) is 4.40. The number of fused-ring (bicyclic) bond motifs is 1. The van der Waals surface area contributed by atoms with Crippen LogP contribution in [0, 0.1) is 17.0 Å². The highest BCUT2D eigenvalue weighted by Crippen LogP contribution is 2.50. The molecule has 0 saturated carbocycles. The average Bonchev–Trinajstić information content (AvgIpc) is 3.28. The van der Waals surface area contributed by atoms with Gasteiger partial charge >= 0.3 is 0 Å². The Bertz CT molecular complexity index is 1080. The Hall–Kier alpha value is -2.68. The van der Waals surface area contributed by atoms with Gasteiger partial charge in [0.1, 0.15) is 17.9 Å². The summed E-state index contributed by atoms with van der Waals surface area (Å²) in [5, 5.41) is 0. The molecule has 9 heteroatoms. The van der Waals surface area contributed by atoms with Crippen molar-refractivity contribution in [1.82, 2.24) is 9.80 Å².